The van der Waals surface area contributed by atoms with E-state index in [9.17, 15) is 13.2 Å². The Kier molecular flexibility index (Phi) is 7.33. The van der Waals surface area contributed by atoms with Crippen LogP contribution in [-0.2, 0) is 14.8 Å². The molecule has 3 aromatic carbocycles. The molecule has 8 heteroatoms. The SMILES string of the molecule is CCS(=O)(=O)N(CCN(C)C)c1ccc(N=C(c2ccccc2)C2C(=O)Nc3ccccc32)cc1. The second-order valence-electron chi connectivity index (χ2n) is 8.66. The summed E-state index contributed by atoms with van der Waals surface area (Å²) >= 11 is 0. The van der Waals surface area contributed by atoms with E-state index >= 15 is 0 Å². The van der Waals surface area contributed by atoms with Crippen LogP contribution in [0.5, 0.6) is 0 Å². The first-order valence-electron chi connectivity index (χ1n) is 11.6. The van der Waals surface area contributed by atoms with Crippen molar-refractivity contribution in [3.63, 3.8) is 0 Å². The van der Waals surface area contributed by atoms with Crippen molar-refractivity contribution in [3.8, 4) is 0 Å². The van der Waals surface area contributed by atoms with Crippen molar-refractivity contribution in [2.75, 3.05) is 42.6 Å². The van der Waals surface area contributed by atoms with Crippen molar-refractivity contribution in [2.45, 2.75) is 12.8 Å². The minimum Gasteiger partial charge on any atom is -0.325 e. The third kappa shape index (κ3) is 5.44. The van der Waals surface area contributed by atoms with Gasteiger partial charge in [-0.3, -0.25) is 14.1 Å². The molecule has 0 radical (unpaired) electrons. The second-order valence-corrected chi connectivity index (χ2v) is 10.8. The number of para-hydroxylation sites is 1. The van der Waals surface area contributed by atoms with Crippen molar-refractivity contribution in [3.05, 3.63) is 90.0 Å². The van der Waals surface area contributed by atoms with Gasteiger partial charge in [0.25, 0.3) is 0 Å². The zero-order valence-corrected chi connectivity index (χ0v) is 21.0. The lowest BCUT2D eigenvalue weighted by Gasteiger charge is -2.25. The Hall–Kier alpha value is -3.49. The van der Waals surface area contributed by atoms with E-state index in [1.807, 2.05) is 73.6 Å². The highest BCUT2D eigenvalue weighted by atomic mass is 32.2. The Balaban J connectivity index is 1.73. The highest BCUT2D eigenvalue weighted by Gasteiger charge is 2.35. The molecule has 1 atom stereocenters. The van der Waals surface area contributed by atoms with E-state index in [-0.39, 0.29) is 11.7 Å². The van der Waals surface area contributed by atoms with Crippen LogP contribution in [0.25, 0.3) is 0 Å². The number of aliphatic imine (C=N–C) groups is 1. The lowest BCUT2D eigenvalue weighted by molar-refractivity contribution is -0.115. The van der Waals surface area contributed by atoms with Gasteiger partial charge in [0, 0.05) is 18.8 Å². The average Bonchev–Trinajstić information content (AvgIpc) is 3.19. The molecule has 4 rings (SSSR count). The molecule has 1 aliphatic heterocycles. The van der Waals surface area contributed by atoms with Crippen LogP contribution < -0.4 is 9.62 Å². The number of nitrogens with one attached hydrogen (secondary N) is 1. The van der Waals surface area contributed by atoms with Crippen molar-refractivity contribution in [1.29, 1.82) is 0 Å². The molecule has 0 saturated carbocycles. The molecule has 3 aromatic rings. The van der Waals surface area contributed by atoms with Crippen LogP contribution in [0.4, 0.5) is 17.1 Å². The molecular formula is C27H30N4O3S. The van der Waals surface area contributed by atoms with Gasteiger partial charge < -0.3 is 10.2 Å². The van der Waals surface area contributed by atoms with Gasteiger partial charge in [-0.15, -0.1) is 0 Å². The maximum absolute atomic E-state index is 13.0. The lowest BCUT2D eigenvalue weighted by atomic mass is 9.90. The molecule has 7 nitrogen and oxygen atoms in total. The van der Waals surface area contributed by atoms with Gasteiger partial charge in [-0.2, -0.15) is 0 Å². The molecule has 0 bridgehead atoms. The van der Waals surface area contributed by atoms with Gasteiger partial charge in [0.15, 0.2) is 0 Å². The van der Waals surface area contributed by atoms with Gasteiger partial charge >= 0.3 is 0 Å². The van der Waals surface area contributed by atoms with Crippen LogP contribution >= 0.6 is 0 Å². The smallest absolute Gasteiger partial charge is 0.238 e. The Labute approximate surface area is 207 Å². The average molecular weight is 491 g/mol. The first kappa shape index (κ1) is 24.6. The molecule has 182 valence electrons. The van der Waals surface area contributed by atoms with E-state index in [4.69, 9.17) is 4.99 Å². The van der Waals surface area contributed by atoms with Gasteiger partial charge in [-0.05, 0) is 62.5 Å². The van der Waals surface area contributed by atoms with E-state index in [2.05, 4.69) is 5.32 Å². The molecule has 0 spiro atoms. The number of benzene rings is 3. The number of hydrogen-bond donors (Lipinski definition) is 1. The van der Waals surface area contributed by atoms with Crippen molar-refractivity contribution < 1.29 is 13.2 Å². The summed E-state index contributed by atoms with van der Waals surface area (Å²) in [5.41, 5.74) is 4.42. The number of carbonyl (C=O) groups excluding carboxylic acids is 1. The lowest BCUT2D eigenvalue weighted by Crippen LogP contribution is -2.37. The quantitative estimate of drug-likeness (QED) is 0.455. The molecule has 1 N–H and O–H groups in total. The molecule has 0 fully saturated rings. The largest absolute Gasteiger partial charge is 0.325 e. The van der Waals surface area contributed by atoms with E-state index in [0.717, 1.165) is 16.8 Å². The number of amides is 1. The number of anilines is 2. The van der Waals surface area contributed by atoms with Crippen LogP contribution in [0.15, 0.2) is 83.9 Å². The molecule has 1 heterocycles. The number of nitrogens with zero attached hydrogens (tertiary/aromatic N) is 3. The van der Waals surface area contributed by atoms with Crippen LogP contribution in [0.1, 0.15) is 24.0 Å². The summed E-state index contributed by atoms with van der Waals surface area (Å²) in [4.78, 5) is 19.8. The first-order chi connectivity index (χ1) is 16.8. The van der Waals surface area contributed by atoms with Gasteiger partial charge in [0.05, 0.1) is 22.8 Å². The topological polar surface area (TPSA) is 82.1 Å². The van der Waals surface area contributed by atoms with Crippen molar-refractivity contribution in [1.82, 2.24) is 4.90 Å². The predicted octanol–water partition coefficient (Wildman–Crippen LogP) is 4.26. The Morgan fingerprint density at radius 1 is 0.914 bits per heavy atom. The third-order valence-electron chi connectivity index (χ3n) is 5.97. The minimum absolute atomic E-state index is 0.0225. The number of sulfonamides is 1. The van der Waals surface area contributed by atoms with Gasteiger partial charge in [0.2, 0.25) is 15.9 Å². The third-order valence-corrected chi connectivity index (χ3v) is 7.77. The summed E-state index contributed by atoms with van der Waals surface area (Å²) < 4.78 is 26.9. The molecule has 1 aliphatic rings. The summed E-state index contributed by atoms with van der Waals surface area (Å²) in [5.74, 6) is -0.631. The molecular weight excluding hydrogens is 460 g/mol. The zero-order chi connectivity index (χ0) is 25.0. The molecule has 1 unspecified atom stereocenters. The van der Waals surface area contributed by atoms with Crippen molar-refractivity contribution in [2.24, 2.45) is 4.99 Å². The Bertz CT molecular complexity index is 1320. The van der Waals surface area contributed by atoms with Gasteiger partial charge in [-0.25, -0.2) is 8.42 Å². The minimum atomic E-state index is -3.42. The van der Waals surface area contributed by atoms with Crippen LogP contribution in [0.2, 0.25) is 0 Å². The maximum atomic E-state index is 13.0. The molecule has 1 amide bonds. The van der Waals surface area contributed by atoms with E-state index in [1.54, 1.807) is 31.2 Å². The monoisotopic (exact) mass is 490 g/mol. The first-order valence-corrected chi connectivity index (χ1v) is 13.2. The number of rotatable bonds is 9. The number of carbonyl (C=O) groups is 1. The van der Waals surface area contributed by atoms with Crippen molar-refractivity contribution >= 4 is 38.7 Å². The summed E-state index contributed by atoms with van der Waals surface area (Å²) in [6, 6.07) is 24.4. The Morgan fingerprint density at radius 2 is 1.57 bits per heavy atom. The standard InChI is InChI=1S/C27H30N4O3S/c1-4-35(33,34)31(19-18-30(2)3)22-16-14-21(15-17-22)28-26(20-10-6-5-7-11-20)25-23-12-8-9-13-24(23)29-27(25)32/h5-17,25H,4,18-19H2,1-3H3,(H,29,32). The highest BCUT2D eigenvalue weighted by Crippen LogP contribution is 2.36. The number of fused-ring (bicyclic) bond motifs is 1. The van der Waals surface area contributed by atoms with E-state index in [0.29, 0.717) is 30.2 Å². The van der Waals surface area contributed by atoms with Gasteiger partial charge in [0.1, 0.15) is 5.92 Å². The maximum Gasteiger partial charge on any atom is 0.238 e. The summed E-state index contributed by atoms with van der Waals surface area (Å²) in [5, 5.41) is 2.96. The van der Waals surface area contributed by atoms with Crippen LogP contribution in [-0.4, -0.2) is 57.9 Å². The summed E-state index contributed by atoms with van der Waals surface area (Å²) in [7, 11) is 0.404. The molecule has 35 heavy (non-hydrogen) atoms. The fraction of sp³-hybridized carbons (Fsp3) is 0.259. The normalized spacial score (nSPS) is 15.7. The Morgan fingerprint density at radius 3 is 2.23 bits per heavy atom. The fourth-order valence-corrected chi connectivity index (χ4v) is 5.21. The highest BCUT2D eigenvalue weighted by molar-refractivity contribution is 7.92. The van der Waals surface area contributed by atoms with E-state index < -0.39 is 15.9 Å². The number of likely N-dealkylation sites (N-methyl/N-ethyl adjacent to an activating group) is 1. The molecule has 0 aromatic heterocycles. The summed E-state index contributed by atoms with van der Waals surface area (Å²) in [6.45, 7) is 2.61. The van der Waals surface area contributed by atoms with Gasteiger partial charge in [-0.1, -0.05) is 48.5 Å². The fourth-order valence-electron chi connectivity index (χ4n) is 4.09. The predicted molar refractivity (Wildman–Crippen MR) is 142 cm³/mol. The summed E-state index contributed by atoms with van der Waals surface area (Å²) in [6.07, 6.45) is 0. The molecule has 0 saturated heterocycles. The number of hydrogen-bond acceptors (Lipinski definition) is 5. The van der Waals surface area contributed by atoms with E-state index in [1.165, 1.54) is 4.31 Å². The van der Waals surface area contributed by atoms with Crippen LogP contribution in [0, 0.1) is 0 Å². The second kappa shape index (κ2) is 10.4. The zero-order valence-electron chi connectivity index (χ0n) is 20.2. The molecule has 0 aliphatic carbocycles. The van der Waals surface area contributed by atoms with Crippen LogP contribution in [0.3, 0.4) is 0 Å².